The zero-order chi connectivity index (χ0) is 73.6. The lowest BCUT2D eigenvalue weighted by Gasteiger charge is -2.34. The first-order valence-electron chi connectivity index (χ1n) is 39.3. The van der Waals surface area contributed by atoms with E-state index in [1.807, 2.05) is 6.92 Å². The molecule has 18 nitrogen and oxygen atoms in total. The number of esters is 1. The molecule has 4 aliphatic rings. The fraction of sp³-hybridized carbons (Fsp3) is 0.974. The highest BCUT2D eigenvalue weighted by Gasteiger charge is 2.18. The maximum atomic E-state index is 10.6. The second-order valence-electron chi connectivity index (χ2n) is 28.0. The molecule has 0 radical (unpaired) electrons. The van der Waals surface area contributed by atoms with Gasteiger partial charge in [0.05, 0.1) is 6.61 Å². The van der Waals surface area contributed by atoms with E-state index in [9.17, 15) is 4.79 Å². The molecule has 4 aliphatic heterocycles. The molecule has 0 spiro atoms. The Morgan fingerprint density at radius 2 is 0.947 bits per heavy atom. The van der Waals surface area contributed by atoms with E-state index in [0.717, 1.165) is 115 Å². The van der Waals surface area contributed by atoms with Gasteiger partial charge in [-0.25, -0.2) is 0 Å². The smallest absolute Gasteiger partial charge is 0.302 e. The summed E-state index contributed by atoms with van der Waals surface area (Å²) in [6, 6.07) is 1.50. The van der Waals surface area contributed by atoms with Crippen molar-refractivity contribution >= 4 is 12.2 Å². The largest absolute Gasteiger partial charge is 0.465 e. The number of piperazine rings is 3. The van der Waals surface area contributed by atoms with Gasteiger partial charge in [-0.15, -0.1) is 0 Å². The number of likely N-dealkylation sites (N-methyl/N-ethyl adjacent to an activating group) is 1. The van der Waals surface area contributed by atoms with Gasteiger partial charge in [0.15, 0.2) is 12.8 Å². The Labute approximate surface area is 595 Å². The van der Waals surface area contributed by atoms with Crippen LogP contribution in [0.5, 0.6) is 0 Å². The first-order chi connectivity index (χ1) is 45.2. The molecule has 18 heteroatoms. The molecule has 4 atom stereocenters. The van der Waals surface area contributed by atoms with Gasteiger partial charge >= 0.3 is 5.97 Å². The van der Waals surface area contributed by atoms with Crippen LogP contribution in [0, 0.1) is 11.8 Å². The molecule has 578 valence electrons. The van der Waals surface area contributed by atoms with Gasteiger partial charge in [0.25, 0.3) is 0 Å². The minimum absolute atomic E-state index is 0.179. The third-order valence-electron chi connectivity index (χ3n) is 18.1. The van der Waals surface area contributed by atoms with Crippen molar-refractivity contribution in [2.45, 2.75) is 245 Å². The van der Waals surface area contributed by atoms with Gasteiger partial charge in [0, 0.05) is 151 Å². The summed E-state index contributed by atoms with van der Waals surface area (Å²) in [5.74, 6) is 1.66. The molecule has 4 unspecified atom stereocenters. The van der Waals surface area contributed by atoms with Crippen molar-refractivity contribution in [3.63, 3.8) is 0 Å². The molecule has 0 bridgehead atoms. The first kappa shape index (κ1) is 104. The molecule has 4 fully saturated rings. The summed E-state index contributed by atoms with van der Waals surface area (Å²) in [5.41, 5.74) is 0. The quantitative estimate of drug-likeness (QED) is 0.0189. The second kappa shape index (κ2) is 78.1. The number of carbonyl (C=O) groups excluding carboxylic acids is 1. The number of aliphatic hydroxyl groups excluding tert-OH is 1. The van der Waals surface area contributed by atoms with Gasteiger partial charge < -0.3 is 59.1 Å². The second-order valence-corrected chi connectivity index (χ2v) is 28.0. The van der Waals surface area contributed by atoms with Gasteiger partial charge in [0.2, 0.25) is 0 Å². The molecule has 95 heavy (non-hydrogen) atoms. The summed E-state index contributed by atoms with van der Waals surface area (Å²) in [6.07, 6.45) is 24.6. The Morgan fingerprint density at radius 1 is 0.537 bits per heavy atom. The van der Waals surface area contributed by atoms with E-state index in [1.54, 1.807) is 13.3 Å². The summed E-state index contributed by atoms with van der Waals surface area (Å²) < 4.78 is 6.15. The fourth-order valence-corrected chi connectivity index (χ4v) is 10.3. The van der Waals surface area contributed by atoms with Crippen LogP contribution in [0.2, 0.25) is 0 Å². The van der Waals surface area contributed by atoms with E-state index in [1.165, 1.54) is 205 Å². The van der Waals surface area contributed by atoms with Crippen LogP contribution in [-0.4, -0.2) is 344 Å². The van der Waals surface area contributed by atoms with E-state index >= 15 is 0 Å². The van der Waals surface area contributed by atoms with Crippen molar-refractivity contribution < 1.29 is 29.8 Å². The van der Waals surface area contributed by atoms with Gasteiger partial charge in [0.1, 0.15) is 6.61 Å². The van der Waals surface area contributed by atoms with Crippen molar-refractivity contribution in [3.8, 4) is 0 Å². The minimum Gasteiger partial charge on any atom is -0.465 e. The summed E-state index contributed by atoms with van der Waals surface area (Å²) in [5, 5.41) is 27.3. The number of aliphatic hydroxyl groups is 1. The lowest BCUT2D eigenvalue weighted by Crippen LogP contribution is -2.47. The van der Waals surface area contributed by atoms with Crippen molar-refractivity contribution in [2.75, 3.05) is 240 Å². The van der Waals surface area contributed by atoms with Crippen molar-refractivity contribution in [1.82, 2.24) is 59.0 Å². The summed E-state index contributed by atoms with van der Waals surface area (Å²) >= 11 is 0. The van der Waals surface area contributed by atoms with Crippen LogP contribution in [0.25, 0.3) is 0 Å². The maximum absolute atomic E-state index is 10.6. The number of nitrogens with zero attached hydrogens (tertiary/aromatic N) is 13. The third kappa shape index (κ3) is 79.6. The number of hydrogen-bond donors (Lipinski definition) is 3. The Bertz CT molecular complexity index is 1480. The van der Waals surface area contributed by atoms with Crippen LogP contribution in [0.4, 0.5) is 0 Å². The highest BCUT2D eigenvalue weighted by Crippen LogP contribution is 2.17. The van der Waals surface area contributed by atoms with Crippen LogP contribution in [0.1, 0.15) is 233 Å². The summed E-state index contributed by atoms with van der Waals surface area (Å²) in [6.45, 7) is 66.2. The van der Waals surface area contributed by atoms with E-state index in [2.05, 4.69) is 214 Å². The molecular weight excluding hydrogens is 1190 g/mol. The molecule has 4 heterocycles. The van der Waals surface area contributed by atoms with Gasteiger partial charge in [-0.2, -0.15) is 5.06 Å². The molecule has 0 aliphatic carbocycles. The lowest BCUT2D eigenvalue weighted by molar-refractivity contribution is -0.771. The fourth-order valence-electron chi connectivity index (χ4n) is 10.3. The number of ether oxygens (including phenoxy) is 1. The number of β-amino-alcohol motifs (C(OH)–C–C–N with tert-alkyl or cyclic N) is 1. The van der Waals surface area contributed by atoms with E-state index in [-0.39, 0.29) is 5.97 Å². The lowest BCUT2D eigenvalue weighted by atomic mass is 9.96. The third-order valence-corrected chi connectivity index (χ3v) is 18.1. The number of hydrogen-bond acceptors (Lipinski definition) is 17. The number of piperidine rings is 1. The van der Waals surface area contributed by atoms with Crippen LogP contribution >= 0.6 is 0 Å². The van der Waals surface area contributed by atoms with Gasteiger partial charge in [-0.3, -0.25) is 19.8 Å². The Hall–Kier alpha value is -1.62. The average molecular weight is 1360 g/mol. The first-order valence-corrected chi connectivity index (χ1v) is 39.3. The molecule has 0 aromatic rings. The SMILES string of the molecule is C/C=[N+](/O)CCCC.CCC(C)CN(C)C.CCC(C)N(C)C.CCC(C)N(CC)CC.CCC1CCCN(C)C1.CCCCN(C)C.CCCCN(C)O.CCCCN1CCN(C)CC1.CCCCN1CCN(CCO)CC1.CCCCN1CCN(CCOC(C)=O)CC1. The molecule has 0 aromatic carbocycles. The van der Waals surface area contributed by atoms with Crippen molar-refractivity contribution in [2.24, 2.45) is 11.8 Å². The number of rotatable bonds is 33. The summed E-state index contributed by atoms with van der Waals surface area (Å²) in [7, 11) is 18.8. The van der Waals surface area contributed by atoms with Crippen LogP contribution in [0.3, 0.4) is 0 Å². The number of unbranched alkanes of at least 4 members (excludes halogenated alkanes) is 6. The van der Waals surface area contributed by atoms with Crippen LogP contribution in [-0.2, 0) is 9.53 Å². The standard InChI is InChI=1S/C12H24N2O2.C10H22N2O.C9H20N2.C8H17N.C8H19N.C7H17N.C6H14NO.2C6H15N.C5H13NO/c1-3-4-5-13-6-8-14(9-7-13)10-11-16-12(2)15;1-2-3-4-11-5-7-12(8-6-11)9-10-13;1-3-4-5-11-8-6-10(2)7-9-11;1-3-8-5-4-6-9(2)7-8;1-5-8(4)9(6-2)7-3;1-5-7(2)6-8(3)4;1-3-5-6-7(8)4-2;1-5-6(2)7(3)4;1-4-5-6-7(2)3;1-3-4-5-6(2)7/h3-11H2,1-2H3;13H,2-10H2,1H3;3-9H2,1-2H3;8H,3-7H2,1-2H3;8H,5-7H2,1-4H3;7H,5-6H2,1-4H3;4,8H,3,5-6H2,1-2H3;6H,5H2,1-4H3;4-6H2,1-3H3;7H,3-5H2,1-2H3/q;;;;;;+1;;;/b;;;;;;7-4+;;;. The zero-order valence-corrected chi connectivity index (χ0v) is 69.2. The molecule has 4 saturated heterocycles. The monoisotopic (exact) mass is 1360 g/mol. The average Bonchev–Trinajstić information content (AvgIpc) is 1.61. The van der Waals surface area contributed by atoms with Crippen LogP contribution in [0.15, 0.2) is 0 Å². The number of carbonyl (C=O) groups is 1. The Kier molecular flexibility index (Phi) is 85.8. The molecule has 0 aromatic heterocycles. The Balaban J connectivity index is -0.000000235. The topological polar surface area (TPSA) is 129 Å². The molecule has 0 amide bonds. The summed E-state index contributed by atoms with van der Waals surface area (Å²) in [4.78, 5) is 36.9. The number of hydroxylamine groups is 3. The minimum atomic E-state index is -0.179. The predicted octanol–water partition coefficient (Wildman–Crippen LogP) is 12.9. The molecule has 4 rings (SSSR count). The van der Waals surface area contributed by atoms with Gasteiger partial charge in [-0.1, -0.05) is 135 Å². The molecular formula is C77H176N13O5+. The predicted molar refractivity (Wildman–Crippen MR) is 419 cm³/mol. The number of likely N-dealkylation sites (tertiary alicyclic amines) is 1. The van der Waals surface area contributed by atoms with E-state index < -0.39 is 0 Å². The van der Waals surface area contributed by atoms with E-state index in [0.29, 0.717) is 13.2 Å². The maximum Gasteiger partial charge on any atom is 0.302 e. The highest BCUT2D eigenvalue weighted by atomic mass is 16.5. The normalized spacial score (nSPS) is 17.7. The van der Waals surface area contributed by atoms with Crippen molar-refractivity contribution in [3.05, 3.63) is 0 Å². The van der Waals surface area contributed by atoms with E-state index in [4.69, 9.17) is 20.3 Å². The van der Waals surface area contributed by atoms with Crippen molar-refractivity contribution in [1.29, 1.82) is 0 Å². The zero-order valence-electron chi connectivity index (χ0n) is 69.2. The molecule has 3 N–H and O–H groups in total. The van der Waals surface area contributed by atoms with Gasteiger partial charge in [-0.05, 0) is 197 Å². The molecule has 0 saturated carbocycles. The van der Waals surface area contributed by atoms with Crippen LogP contribution < -0.4 is 0 Å². The Morgan fingerprint density at radius 3 is 1.20 bits per heavy atom. The highest BCUT2D eigenvalue weighted by molar-refractivity contribution is 5.65.